The summed E-state index contributed by atoms with van der Waals surface area (Å²) < 4.78 is 12.8. The standard InChI is InChI=1S/C7H11FN2O.C2H2O4/c1-11-10-7(8)6-3-2-4-9-5-6;3-1(4)2(5)6/h3,9H,2,4-5H2,1H3;(H,3,4)(H,5,6). The van der Waals surface area contributed by atoms with Crippen molar-refractivity contribution in [1.29, 1.82) is 0 Å². The summed E-state index contributed by atoms with van der Waals surface area (Å²) in [4.78, 5) is 22.5. The Morgan fingerprint density at radius 3 is 2.41 bits per heavy atom. The van der Waals surface area contributed by atoms with Gasteiger partial charge < -0.3 is 20.4 Å². The molecule has 0 saturated heterocycles. The molecule has 0 unspecified atom stereocenters. The van der Waals surface area contributed by atoms with Crippen LogP contribution in [0.1, 0.15) is 6.42 Å². The molecule has 0 radical (unpaired) electrons. The van der Waals surface area contributed by atoms with E-state index >= 15 is 0 Å². The average molecular weight is 248 g/mol. The van der Waals surface area contributed by atoms with Gasteiger partial charge in [-0.2, -0.15) is 4.39 Å². The predicted molar refractivity (Wildman–Crippen MR) is 56.4 cm³/mol. The zero-order chi connectivity index (χ0) is 13.3. The van der Waals surface area contributed by atoms with Gasteiger partial charge in [-0.05, 0) is 13.0 Å². The molecule has 0 amide bonds. The van der Waals surface area contributed by atoms with Crippen molar-refractivity contribution >= 4 is 17.9 Å². The highest BCUT2D eigenvalue weighted by molar-refractivity contribution is 6.27. The number of nitrogens with one attached hydrogen (secondary N) is 1. The normalized spacial score (nSPS) is 15.2. The van der Waals surface area contributed by atoms with E-state index in [-0.39, 0.29) is 0 Å². The van der Waals surface area contributed by atoms with Gasteiger partial charge in [-0.15, -0.1) is 0 Å². The molecule has 1 rings (SSSR count). The van der Waals surface area contributed by atoms with E-state index in [4.69, 9.17) is 19.8 Å². The summed E-state index contributed by atoms with van der Waals surface area (Å²) in [5, 5.41) is 21.0. The minimum atomic E-state index is -1.82. The Hall–Kier alpha value is -1.96. The van der Waals surface area contributed by atoms with E-state index in [0.717, 1.165) is 13.0 Å². The maximum absolute atomic E-state index is 12.8. The maximum Gasteiger partial charge on any atom is 0.414 e. The molecule has 0 fully saturated rings. The summed E-state index contributed by atoms with van der Waals surface area (Å²) >= 11 is 0. The van der Waals surface area contributed by atoms with Crippen molar-refractivity contribution in [3.63, 3.8) is 0 Å². The van der Waals surface area contributed by atoms with Crippen LogP contribution in [0, 0.1) is 0 Å². The Morgan fingerprint density at radius 1 is 1.47 bits per heavy atom. The average Bonchev–Trinajstić information content (AvgIpc) is 2.31. The SMILES string of the molecule is CON=C(F)C1=CCCNC1.O=C(O)C(=O)O. The largest absolute Gasteiger partial charge is 0.473 e. The number of hydrogen-bond donors (Lipinski definition) is 3. The highest BCUT2D eigenvalue weighted by Crippen LogP contribution is 2.04. The van der Waals surface area contributed by atoms with Crippen LogP contribution in [0.2, 0.25) is 0 Å². The van der Waals surface area contributed by atoms with Crippen LogP contribution in [0.4, 0.5) is 4.39 Å². The van der Waals surface area contributed by atoms with E-state index in [2.05, 4.69) is 15.3 Å². The van der Waals surface area contributed by atoms with Crippen LogP contribution >= 0.6 is 0 Å². The molecule has 8 heteroatoms. The second-order valence-electron chi connectivity index (χ2n) is 2.87. The molecule has 1 aliphatic heterocycles. The van der Waals surface area contributed by atoms with Crippen molar-refractivity contribution in [3.8, 4) is 0 Å². The third-order valence-electron chi connectivity index (χ3n) is 1.65. The van der Waals surface area contributed by atoms with E-state index in [1.807, 2.05) is 6.08 Å². The highest BCUT2D eigenvalue weighted by Gasteiger charge is 2.09. The lowest BCUT2D eigenvalue weighted by Crippen LogP contribution is -2.24. The molecule has 0 aromatic heterocycles. The van der Waals surface area contributed by atoms with Crippen LogP contribution in [-0.4, -0.2) is 48.3 Å². The summed E-state index contributed by atoms with van der Waals surface area (Å²) in [6.07, 6.45) is 2.68. The van der Waals surface area contributed by atoms with E-state index in [1.54, 1.807) is 0 Å². The molecule has 0 bridgehead atoms. The number of hydrogen-bond acceptors (Lipinski definition) is 5. The van der Waals surface area contributed by atoms with Gasteiger partial charge in [0.15, 0.2) is 0 Å². The van der Waals surface area contributed by atoms with Crippen molar-refractivity contribution in [2.75, 3.05) is 20.2 Å². The van der Waals surface area contributed by atoms with Crippen molar-refractivity contribution in [2.24, 2.45) is 5.16 Å². The van der Waals surface area contributed by atoms with E-state index < -0.39 is 17.9 Å². The molecule has 7 nitrogen and oxygen atoms in total. The molecule has 0 saturated carbocycles. The summed E-state index contributed by atoms with van der Waals surface area (Å²) in [5.74, 6) is -4.18. The van der Waals surface area contributed by atoms with Gasteiger partial charge in [-0.3, -0.25) is 0 Å². The predicted octanol–water partition coefficient (Wildman–Crippen LogP) is -0.00890. The topological polar surface area (TPSA) is 108 Å². The summed E-state index contributed by atoms with van der Waals surface area (Å²) in [5.41, 5.74) is 0.582. The first kappa shape index (κ1) is 15.0. The van der Waals surface area contributed by atoms with Crippen LogP contribution < -0.4 is 5.32 Å². The van der Waals surface area contributed by atoms with Gasteiger partial charge in [0.2, 0.25) is 0 Å². The maximum atomic E-state index is 12.8. The van der Waals surface area contributed by atoms with Crippen LogP contribution in [0.15, 0.2) is 16.8 Å². The van der Waals surface area contributed by atoms with Crippen LogP contribution in [-0.2, 0) is 14.4 Å². The van der Waals surface area contributed by atoms with E-state index in [1.165, 1.54) is 7.11 Å². The van der Waals surface area contributed by atoms with Crippen LogP contribution in [0.5, 0.6) is 0 Å². The number of halogens is 1. The smallest absolute Gasteiger partial charge is 0.414 e. The quantitative estimate of drug-likeness (QED) is 0.360. The van der Waals surface area contributed by atoms with Crippen LogP contribution in [0.25, 0.3) is 0 Å². The first-order valence-corrected chi connectivity index (χ1v) is 4.62. The van der Waals surface area contributed by atoms with Crippen molar-refractivity contribution in [3.05, 3.63) is 11.6 Å². The van der Waals surface area contributed by atoms with Gasteiger partial charge >= 0.3 is 11.9 Å². The molecule has 1 heterocycles. The van der Waals surface area contributed by atoms with Gasteiger partial charge in [-0.25, -0.2) is 9.59 Å². The lowest BCUT2D eigenvalue weighted by Gasteiger charge is -2.10. The fraction of sp³-hybridized carbons (Fsp3) is 0.444. The summed E-state index contributed by atoms with van der Waals surface area (Å²) in [7, 11) is 1.33. The molecule has 3 N–H and O–H groups in total. The van der Waals surface area contributed by atoms with Gasteiger partial charge in [0, 0.05) is 12.1 Å². The molecule has 1 aliphatic rings. The zero-order valence-electron chi connectivity index (χ0n) is 9.14. The third-order valence-corrected chi connectivity index (χ3v) is 1.65. The van der Waals surface area contributed by atoms with Gasteiger partial charge in [-0.1, -0.05) is 11.2 Å². The Kier molecular flexibility index (Phi) is 7.27. The molecule has 0 aliphatic carbocycles. The first-order chi connectivity index (χ1) is 7.99. The molecular formula is C9H13FN2O5. The molecule has 0 spiro atoms. The Balaban J connectivity index is 0.000000366. The molecule has 0 aromatic carbocycles. The van der Waals surface area contributed by atoms with Crippen molar-refractivity contribution in [1.82, 2.24) is 5.32 Å². The van der Waals surface area contributed by atoms with Gasteiger partial charge in [0.05, 0.1) is 0 Å². The van der Waals surface area contributed by atoms with E-state index in [9.17, 15) is 4.39 Å². The lowest BCUT2D eigenvalue weighted by molar-refractivity contribution is -0.159. The third kappa shape index (κ3) is 7.01. The van der Waals surface area contributed by atoms with Crippen LogP contribution in [0.3, 0.4) is 0 Å². The number of nitrogens with zero attached hydrogens (tertiary/aromatic N) is 1. The number of rotatable bonds is 2. The number of oxime groups is 1. The fourth-order valence-corrected chi connectivity index (χ4v) is 0.940. The van der Waals surface area contributed by atoms with E-state index in [0.29, 0.717) is 12.1 Å². The van der Waals surface area contributed by atoms with Gasteiger partial charge in [0.25, 0.3) is 5.97 Å². The zero-order valence-corrected chi connectivity index (χ0v) is 9.14. The fourth-order valence-electron chi connectivity index (χ4n) is 0.940. The Morgan fingerprint density at radius 2 is 2.06 bits per heavy atom. The van der Waals surface area contributed by atoms with Gasteiger partial charge in [0.1, 0.15) is 7.11 Å². The molecule has 96 valence electrons. The second-order valence-corrected chi connectivity index (χ2v) is 2.87. The Labute approximate surface area is 96.6 Å². The monoisotopic (exact) mass is 248 g/mol. The number of carboxylic acids is 2. The van der Waals surface area contributed by atoms with Crippen molar-refractivity contribution in [2.45, 2.75) is 6.42 Å². The number of carbonyl (C=O) groups is 2. The minimum Gasteiger partial charge on any atom is -0.473 e. The minimum absolute atomic E-state index is 0.528. The second kappa shape index (κ2) is 8.22. The molecular weight excluding hydrogens is 235 g/mol. The molecule has 0 atom stereocenters. The number of carboxylic acid groups (broad SMARTS) is 2. The first-order valence-electron chi connectivity index (χ1n) is 4.62. The highest BCUT2D eigenvalue weighted by atomic mass is 19.1. The lowest BCUT2D eigenvalue weighted by atomic mass is 10.1. The summed E-state index contributed by atoms with van der Waals surface area (Å²) in [6, 6.07) is 0. The van der Waals surface area contributed by atoms with Crippen molar-refractivity contribution < 1.29 is 29.0 Å². The number of aliphatic carboxylic acids is 2. The summed E-state index contributed by atoms with van der Waals surface area (Å²) in [6.45, 7) is 1.45. The molecule has 0 aromatic rings. The molecule has 17 heavy (non-hydrogen) atoms. The Bertz CT molecular complexity index is 328.